The van der Waals surface area contributed by atoms with Gasteiger partial charge in [-0.15, -0.1) is 0 Å². The number of hydrogen-bond acceptors (Lipinski definition) is 2. The Labute approximate surface area is 281 Å². The number of anilines is 3. The average molecular weight is 620 g/mol. The van der Waals surface area contributed by atoms with Crippen molar-refractivity contribution in [3.8, 4) is 22.3 Å². The zero-order valence-electron chi connectivity index (χ0n) is 27.0. The molecule has 5 aliphatic carbocycles. The van der Waals surface area contributed by atoms with Crippen molar-refractivity contribution in [3.05, 3.63) is 151 Å². The van der Waals surface area contributed by atoms with Gasteiger partial charge < -0.3 is 9.32 Å². The highest BCUT2D eigenvalue weighted by atomic mass is 16.3. The smallest absolute Gasteiger partial charge is 0.137 e. The van der Waals surface area contributed by atoms with Gasteiger partial charge in [-0.05, 0) is 126 Å². The molecule has 232 valence electrons. The third-order valence-corrected chi connectivity index (χ3v) is 12.6. The Morgan fingerprint density at radius 1 is 0.521 bits per heavy atom. The number of fused-ring (bicyclic) bond motifs is 6. The summed E-state index contributed by atoms with van der Waals surface area (Å²) in [7, 11) is 0. The third-order valence-electron chi connectivity index (χ3n) is 12.6. The van der Waals surface area contributed by atoms with E-state index in [2.05, 4.69) is 144 Å². The second kappa shape index (κ2) is 9.97. The van der Waals surface area contributed by atoms with E-state index in [9.17, 15) is 0 Å². The van der Waals surface area contributed by atoms with E-state index >= 15 is 0 Å². The lowest BCUT2D eigenvalue weighted by atomic mass is 9.43. The summed E-state index contributed by atoms with van der Waals surface area (Å²) in [5, 5.41) is 2.33. The predicted octanol–water partition coefficient (Wildman–Crippen LogP) is 12.4. The maximum absolute atomic E-state index is 6.51. The van der Waals surface area contributed by atoms with Crippen LogP contribution in [0.25, 0.3) is 44.2 Å². The molecule has 0 saturated heterocycles. The van der Waals surface area contributed by atoms with E-state index in [1.54, 1.807) is 11.1 Å². The fourth-order valence-electron chi connectivity index (χ4n) is 11.2. The molecule has 0 atom stereocenters. The molecule has 4 fully saturated rings. The summed E-state index contributed by atoms with van der Waals surface area (Å²) < 4.78 is 6.51. The van der Waals surface area contributed by atoms with E-state index in [1.165, 1.54) is 76.8 Å². The molecule has 4 saturated carbocycles. The van der Waals surface area contributed by atoms with Crippen molar-refractivity contribution in [3.63, 3.8) is 0 Å². The van der Waals surface area contributed by atoms with Crippen LogP contribution in [0.2, 0.25) is 0 Å². The van der Waals surface area contributed by atoms with Gasteiger partial charge in [-0.25, -0.2) is 0 Å². The van der Waals surface area contributed by atoms with Crippen molar-refractivity contribution >= 4 is 39.0 Å². The molecule has 0 amide bonds. The van der Waals surface area contributed by atoms with Gasteiger partial charge in [0.1, 0.15) is 11.2 Å². The van der Waals surface area contributed by atoms with Crippen LogP contribution < -0.4 is 4.90 Å². The van der Waals surface area contributed by atoms with Crippen LogP contribution in [-0.4, -0.2) is 0 Å². The zero-order chi connectivity index (χ0) is 31.4. The van der Waals surface area contributed by atoms with E-state index in [-0.39, 0.29) is 5.41 Å². The summed E-state index contributed by atoms with van der Waals surface area (Å²) in [5.41, 5.74) is 14.1. The minimum Gasteiger partial charge on any atom is -0.456 e. The monoisotopic (exact) mass is 619 g/mol. The topological polar surface area (TPSA) is 16.4 Å². The molecule has 0 N–H and O–H groups in total. The highest BCUT2D eigenvalue weighted by molar-refractivity contribution is 6.13. The maximum atomic E-state index is 6.51. The largest absolute Gasteiger partial charge is 0.456 e. The summed E-state index contributed by atoms with van der Waals surface area (Å²) in [6.45, 7) is 0. The Balaban J connectivity index is 1.23. The van der Waals surface area contributed by atoms with E-state index in [4.69, 9.17) is 4.42 Å². The van der Waals surface area contributed by atoms with Gasteiger partial charge in [0, 0.05) is 16.5 Å². The second-order valence-electron chi connectivity index (χ2n) is 14.9. The molecule has 0 radical (unpaired) electrons. The van der Waals surface area contributed by atoms with Gasteiger partial charge >= 0.3 is 0 Å². The van der Waals surface area contributed by atoms with Crippen molar-refractivity contribution in [1.82, 2.24) is 0 Å². The molecule has 1 spiro atoms. The first-order chi connectivity index (χ1) is 23.8. The van der Waals surface area contributed by atoms with Crippen molar-refractivity contribution in [2.75, 3.05) is 4.90 Å². The molecule has 0 unspecified atom stereocenters. The molecule has 1 heterocycles. The van der Waals surface area contributed by atoms with Crippen LogP contribution in [0.15, 0.2) is 144 Å². The maximum Gasteiger partial charge on any atom is 0.137 e. The van der Waals surface area contributed by atoms with Crippen molar-refractivity contribution < 1.29 is 4.42 Å². The van der Waals surface area contributed by atoms with E-state index < -0.39 is 0 Å². The summed E-state index contributed by atoms with van der Waals surface area (Å²) in [6, 6.07) is 51.7. The van der Waals surface area contributed by atoms with Gasteiger partial charge in [0.05, 0.1) is 16.8 Å². The van der Waals surface area contributed by atoms with E-state index in [0.717, 1.165) is 28.4 Å². The van der Waals surface area contributed by atoms with E-state index in [0.29, 0.717) is 11.8 Å². The minimum absolute atomic E-state index is 0.0393. The third kappa shape index (κ3) is 3.58. The van der Waals surface area contributed by atoms with Gasteiger partial charge in [-0.2, -0.15) is 0 Å². The number of para-hydroxylation sites is 1. The Hall–Kier alpha value is -5.08. The summed E-state index contributed by atoms with van der Waals surface area (Å²) in [5.74, 6) is 3.15. The highest BCUT2D eigenvalue weighted by Crippen LogP contribution is 2.71. The van der Waals surface area contributed by atoms with Crippen molar-refractivity contribution in [1.29, 1.82) is 0 Å². The summed E-state index contributed by atoms with van der Waals surface area (Å²) in [6.07, 6.45) is 6.90. The standard InChI is InChI=1S/C46H37NO/c1-2-11-31(12-3-1)32-13-8-14-35(28-32)47(40-19-10-22-43-44(40)38-16-5-7-21-42(38)48-43)41-20-9-17-37-36-15-4-6-18-39(36)46(45(37)41)33-24-29-23-30(26-33)27-34(46)25-29/h1-22,28-30,33-34H,23-27H2. The quantitative estimate of drug-likeness (QED) is 0.195. The Bertz CT molecular complexity index is 2350. The van der Waals surface area contributed by atoms with Crippen LogP contribution in [0.1, 0.15) is 43.2 Å². The van der Waals surface area contributed by atoms with Gasteiger partial charge in [-0.1, -0.05) is 103 Å². The van der Waals surface area contributed by atoms with E-state index in [1.807, 2.05) is 0 Å². The molecule has 5 aliphatic rings. The highest BCUT2D eigenvalue weighted by Gasteiger charge is 2.62. The van der Waals surface area contributed by atoms with Crippen molar-refractivity contribution in [2.45, 2.75) is 37.5 Å². The molecule has 6 aromatic carbocycles. The first kappa shape index (κ1) is 26.9. The fourth-order valence-corrected chi connectivity index (χ4v) is 11.2. The molecule has 4 bridgehead atoms. The SMILES string of the molecule is c1ccc(-c2cccc(N(c3cccc4c3C3(c5ccccc5-4)C4CC5CC(C4)CC3C5)c3cccc4oc5ccccc5c34)c2)cc1. The molecule has 2 heteroatoms. The average Bonchev–Trinajstić information content (AvgIpc) is 3.66. The molecular formula is C46H37NO. The van der Waals surface area contributed by atoms with Gasteiger partial charge in [0.15, 0.2) is 0 Å². The number of rotatable bonds is 4. The van der Waals surface area contributed by atoms with Gasteiger partial charge in [0.2, 0.25) is 0 Å². The molecule has 7 aromatic rings. The molecule has 12 rings (SSSR count). The second-order valence-corrected chi connectivity index (χ2v) is 14.9. The molecular weight excluding hydrogens is 583 g/mol. The van der Waals surface area contributed by atoms with Crippen LogP contribution in [0.5, 0.6) is 0 Å². The normalized spacial score (nSPS) is 24.8. The van der Waals surface area contributed by atoms with Gasteiger partial charge in [-0.3, -0.25) is 0 Å². The lowest BCUT2D eigenvalue weighted by molar-refractivity contribution is -0.0397. The number of furan rings is 1. The van der Waals surface area contributed by atoms with Crippen LogP contribution in [-0.2, 0) is 5.41 Å². The number of nitrogens with zero attached hydrogens (tertiary/aromatic N) is 1. The Kier molecular flexibility index (Phi) is 5.59. The fraction of sp³-hybridized carbons (Fsp3) is 0.217. The van der Waals surface area contributed by atoms with Crippen molar-refractivity contribution in [2.24, 2.45) is 23.7 Å². The van der Waals surface area contributed by atoms with Crippen LogP contribution in [0, 0.1) is 23.7 Å². The number of benzene rings is 6. The first-order valence-corrected chi connectivity index (χ1v) is 17.9. The summed E-state index contributed by atoms with van der Waals surface area (Å²) in [4.78, 5) is 2.59. The van der Waals surface area contributed by atoms with Gasteiger partial charge in [0.25, 0.3) is 0 Å². The minimum atomic E-state index is 0.0393. The molecule has 48 heavy (non-hydrogen) atoms. The predicted molar refractivity (Wildman–Crippen MR) is 197 cm³/mol. The first-order valence-electron chi connectivity index (χ1n) is 17.9. The lowest BCUT2D eigenvalue weighted by Crippen LogP contribution is -2.55. The lowest BCUT2D eigenvalue weighted by Gasteiger charge is -2.61. The van der Waals surface area contributed by atoms with Crippen LogP contribution in [0.3, 0.4) is 0 Å². The Morgan fingerprint density at radius 3 is 2.02 bits per heavy atom. The molecule has 2 nitrogen and oxygen atoms in total. The number of hydrogen-bond donors (Lipinski definition) is 0. The van der Waals surface area contributed by atoms with Crippen LogP contribution in [0.4, 0.5) is 17.1 Å². The Morgan fingerprint density at radius 2 is 1.17 bits per heavy atom. The zero-order valence-corrected chi connectivity index (χ0v) is 27.0. The molecule has 0 aliphatic heterocycles. The summed E-state index contributed by atoms with van der Waals surface area (Å²) >= 11 is 0. The molecule has 1 aromatic heterocycles. The van der Waals surface area contributed by atoms with Crippen LogP contribution >= 0.6 is 0 Å².